The molecule has 5 nitrogen and oxygen atoms in total. The van der Waals surface area contributed by atoms with Crippen LogP contribution in [0.2, 0.25) is 0 Å². The van der Waals surface area contributed by atoms with Crippen molar-refractivity contribution < 1.29 is 14.3 Å². The predicted octanol–water partition coefficient (Wildman–Crippen LogP) is 0.409. The second kappa shape index (κ2) is 5.45. The zero-order valence-electron chi connectivity index (χ0n) is 8.83. The summed E-state index contributed by atoms with van der Waals surface area (Å²) in [5.74, 6) is -1.88. The lowest BCUT2D eigenvalue weighted by Crippen LogP contribution is -2.45. The Kier molecular flexibility index (Phi) is 4.93. The van der Waals surface area contributed by atoms with Crippen LogP contribution in [0.4, 0.5) is 4.39 Å². The molecule has 0 aliphatic rings. The molecule has 0 aromatic rings. The molecule has 0 aliphatic heterocycles. The van der Waals surface area contributed by atoms with E-state index in [1.807, 2.05) is 0 Å². The Morgan fingerprint density at radius 2 is 2.20 bits per heavy atom. The van der Waals surface area contributed by atoms with Crippen LogP contribution in [0.25, 0.3) is 0 Å². The van der Waals surface area contributed by atoms with Gasteiger partial charge in [0, 0.05) is 6.54 Å². The Bertz CT molecular complexity index is 294. The minimum Gasteiger partial charge on any atom is -0.480 e. The maximum absolute atomic E-state index is 13.2. The summed E-state index contributed by atoms with van der Waals surface area (Å²) in [5.41, 5.74) is 8.53. The molecular weight excluding hydrogens is 201 g/mol. The van der Waals surface area contributed by atoms with Gasteiger partial charge in [-0.15, -0.1) is 0 Å². The average Bonchev–Trinajstić information content (AvgIpc) is 2.11. The number of amidine groups is 1. The summed E-state index contributed by atoms with van der Waals surface area (Å²) in [6.45, 7) is 3.02. The Labute approximate surface area is 87.7 Å². The van der Waals surface area contributed by atoms with E-state index in [9.17, 15) is 9.18 Å². The fourth-order valence-electron chi connectivity index (χ4n) is 0.746. The second-order valence-electron chi connectivity index (χ2n) is 3.37. The molecule has 0 bridgehead atoms. The smallest absolute Gasteiger partial charge is 0.330 e. The van der Waals surface area contributed by atoms with Gasteiger partial charge in [0.15, 0.2) is 5.54 Å². The van der Waals surface area contributed by atoms with Crippen molar-refractivity contribution in [2.75, 3.05) is 6.54 Å². The molecule has 6 heteroatoms. The van der Waals surface area contributed by atoms with Gasteiger partial charge in [0.05, 0.1) is 5.84 Å². The predicted molar refractivity (Wildman–Crippen MR) is 56.2 cm³/mol. The summed E-state index contributed by atoms with van der Waals surface area (Å²) in [6, 6.07) is 0. The molecule has 5 N–H and O–H groups in total. The van der Waals surface area contributed by atoms with Crippen LogP contribution < -0.4 is 11.5 Å². The minimum atomic E-state index is -1.97. The molecule has 0 spiro atoms. The van der Waals surface area contributed by atoms with Gasteiger partial charge in [0.1, 0.15) is 5.83 Å². The van der Waals surface area contributed by atoms with E-state index in [0.717, 1.165) is 13.0 Å². The first-order valence-corrected chi connectivity index (χ1v) is 4.43. The van der Waals surface area contributed by atoms with Crippen molar-refractivity contribution in [1.29, 1.82) is 0 Å². The van der Waals surface area contributed by atoms with Crippen LogP contribution in [0.5, 0.6) is 0 Å². The van der Waals surface area contributed by atoms with Crippen LogP contribution in [0, 0.1) is 0 Å². The van der Waals surface area contributed by atoms with E-state index < -0.39 is 17.3 Å². The molecule has 0 saturated heterocycles. The number of rotatable bonds is 5. The summed E-state index contributed by atoms with van der Waals surface area (Å²) in [7, 11) is 0. The highest BCUT2D eigenvalue weighted by Crippen LogP contribution is 2.15. The quantitative estimate of drug-likeness (QED) is 0.352. The van der Waals surface area contributed by atoms with Crippen molar-refractivity contribution in [3.8, 4) is 0 Å². The molecular formula is C9H16FN3O2. The lowest BCUT2D eigenvalue weighted by Gasteiger charge is -2.16. The van der Waals surface area contributed by atoms with Crippen LogP contribution in [-0.2, 0) is 4.79 Å². The van der Waals surface area contributed by atoms with Crippen molar-refractivity contribution in [2.24, 2.45) is 16.5 Å². The van der Waals surface area contributed by atoms with E-state index in [2.05, 4.69) is 4.99 Å². The van der Waals surface area contributed by atoms with Gasteiger partial charge in [-0.25, -0.2) is 9.18 Å². The van der Waals surface area contributed by atoms with Crippen LogP contribution in [0.3, 0.4) is 0 Å². The zero-order chi connectivity index (χ0) is 12.1. The van der Waals surface area contributed by atoms with Gasteiger partial charge >= 0.3 is 5.97 Å². The highest BCUT2D eigenvalue weighted by Gasteiger charge is 2.33. The van der Waals surface area contributed by atoms with Gasteiger partial charge in [-0.3, -0.25) is 4.99 Å². The maximum atomic E-state index is 13.2. The normalized spacial score (nSPS) is 17.3. The highest BCUT2D eigenvalue weighted by atomic mass is 19.1. The van der Waals surface area contributed by atoms with Crippen molar-refractivity contribution in [2.45, 2.75) is 25.8 Å². The van der Waals surface area contributed by atoms with Crippen molar-refractivity contribution >= 4 is 11.8 Å². The van der Waals surface area contributed by atoms with Crippen LogP contribution in [0.15, 0.2) is 16.9 Å². The fraction of sp³-hybridized carbons (Fsp3) is 0.556. The molecule has 0 radical (unpaired) electrons. The molecule has 0 rings (SSSR count). The molecule has 0 unspecified atom stereocenters. The van der Waals surface area contributed by atoms with Crippen LogP contribution >= 0.6 is 0 Å². The first-order chi connectivity index (χ1) is 6.78. The number of hydrogen-bond acceptors (Lipinski definition) is 3. The molecule has 15 heavy (non-hydrogen) atoms. The molecule has 0 heterocycles. The zero-order valence-corrected chi connectivity index (χ0v) is 8.83. The minimum absolute atomic E-state index is 0.264. The Hall–Kier alpha value is -1.43. The Morgan fingerprint density at radius 3 is 2.60 bits per heavy atom. The summed E-state index contributed by atoms with van der Waals surface area (Å²) < 4.78 is 13.2. The van der Waals surface area contributed by atoms with Crippen LogP contribution in [-0.4, -0.2) is 29.0 Å². The molecule has 0 aromatic heterocycles. The van der Waals surface area contributed by atoms with Crippen molar-refractivity contribution in [1.82, 2.24) is 0 Å². The molecule has 0 amide bonds. The summed E-state index contributed by atoms with van der Waals surface area (Å²) in [4.78, 5) is 14.4. The Morgan fingerprint density at radius 1 is 1.67 bits per heavy atom. The molecule has 0 aliphatic carbocycles. The number of carboxylic acids is 1. The first kappa shape index (κ1) is 13.6. The van der Waals surface area contributed by atoms with E-state index >= 15 is 0 Å². The van der Waals surface area contributed by atoms with Gasteiger partial charge in [0.2, 0.25) is 0 Å². The molecule has 0 fully saturated rings. The first-order valence-electron chi connectivity index (χ1n) is 4.43. The summed E-state index contributed by atoms with van der Waals surface area (Å²) in [5, 5.41) is 8.60. The van der Waals surface area contributed by atoms with E-state index in [4.69, 9.17) is 16.6 Å². The molecule has 1 atom stereocenters. The van der Waals surface area contributed by atoms with E-state index in [1.165, 1.54) is 0 Å². The van der Waals surface area contributed by atoms with Crippen molar-refractivity contribution in [3.63, 3.8) is 0 Å². The maximum Gasteiger partial charge on any atom is 0.330 e. The molecule has 0 saturated carbocycles. The number of carboxylic acid groups (broad SMARTS) is 1. The van der Waals surface area contributed by atoms with Gasteiger partial charge in [0.25, 0.3) is 0 Å². The number of aliphatic imine (C=N–C) groups is 1. The monoisotopic (exact) mass is 217 g/mol. The van der Waals surface area contributed by atoms with Gasteiger partial charge in [-0.2, -0.15) is 0 Å². The topological polar surface area (TPSA) is 102 Å². The number of carbonyl (C=O) groups is 1. The average molecular weight is 217 g/mol. The molecule has 86 valence electrons. The van der Waals surface area contributed by atoms with Gasteiger partial charge < -0.3 is 16.6 Å². The number of nitrogens with zero attached hydrogens (tertiary/aromatic N) is 1. The van der Waals surface area contributed by atoms with Gasteiger partial charge in [-0.1, -0.05) is 0 Å². The third kappa shape index (κ3) is 4.55. The second-order valence-corrected chi connectivity index (χ2v) is 3.37. The van der Waals surface area contributed by atoms with E-state index in [0.29, 0.717) is 12.4 Å². The third-order valence-corrected chi connectivity index (χ3v) is 1.75. The van der Waals surface area contributed by atoms with E-state index in [-0.39, 0.29) is 6.42 Å². The van der Waals surface area contributed by atoms with E-state index in [1.54, 1.807) is 6.92 Å². The van der Waals surface area contributed by atoms with Gasteiger partial charge in [-0.05, 0) is 26.3 Å². The lowest BCUT2D eigenvalue weighted by molar-refractivity contribution is -0.141. The fourth-order valence-corrected chi connectivity index (χ4v) is 0.746. The highest BCUT2D eigenvalue weighted by molar-refractivity contribution is 5.81. The number of halogens is 1. The largest absolute Gasteiger partial charge is 0.480 e. The Balaban J connectivity index is 4.33. The van der Waals surface area contributed by atoms with Crippen LogP contribution in [0.1, 0.15) is 20.3 Å². The summed E-state index contributed by atoms with van der Waals surface area (Å²) in [6.07, 6.45) is 1.38. The number of nitrogens with two attached hydrogens (primary N) is 2. The molecule has 0 aromatic carbocycles. The third-order valence-electron chi connectivity index (χ3n) is 1.75. The van der Waals surface area contributed by atoms with Crippen molar-refractivity contribution in [3.05, 3.63) is 11.9 Å². The number of aliphatic carboxylic acids is 1. The standard InChI is InChI=1S/C9H16FN3O2/c1-6(11)13-5-3-4-7(10)9(2,12)8(14)15/h4H,3,5,12H2,1-2H3,(H2,11,13)(H,14,15)/b7-4-/t9-/m0/s1. The summed E-state index contributed by atoms with van der Waals surface area (Å²) >= 11 is 0. The SMILES string of the molecule is CC(N)=NCC/C=C(\F)[C@](C)(N)C(=O)O. The number of hydrogen-bond donors (Lipinski definition) is 3. The lowest BCUT2D eigenvalue weighted by atomic mass is 10.0.